The molecule has 2 aromatic carbocycles. The fourth-order valence-corrected chi connectivity index (χ4v) is 4.71. The third-order valence-electron chi connectivity index (χ3n) is 6.21. The van der Waals surface area contributed by atoms with Crippen molar-refractivity contribution < 1.29 is 9.59 Å². The highest BCUT2D eigenvalue weighted by molar-refractivity contribution is 5.88. The lowest BCUT2D eigenvalue weighted by Gasteiger charge is -2.31. The summed E-state index contributed by atoms with van der Waals surface area (Å²) in [5.74, 6) is 0.0191. The monoisotopic (exact) mass is 420 g/mol. The molecule has 3 rings (SSSR count). The van der Waals surface area contributed by atoms with E-state index < -0.39 is 6.04 Å². The summed E-state index contributed by atoms with van der Waals surface area (Å²) < 4.78 is 0. The first-order chi connectivity index (χ1) is 15.0. The summed E-state index contributed by atoms with van der Waals surface area (Å²) in [7, 11) is 0. The molecule has 0 radical (unpaired) electrons. The fraction of sp³-hybridized carbons (Fsp3) is 0.481. The molecule has 166 valence electrons. The van der Waals surface area contributed by atoms with E-state index in [4.69, 9.17) is 0 Å². The quantitative estimate of drug-likeness (QED) is 0.636. The van der Waals surface area contributed by atoms with E-state index in [-0.39, 0.29) is 17.9 Å². The Morgan fingerprint density at radius 2 is 1.65 bits per heavy atom. The lowest BCUT2D eigenvalue weighted by Crippen LogP contribution is -2.52. The third-order valence-corrected chi connectivity index (χ3v) is 6.21. The maximum atomic E-state index is 13.4. The van der Waals surface area contributed by atoms with Crippen LogP contribution in [0, 0.1) is 13.8 Å². The summed E-state index contributed by atoms with van der Waals surface area (Å²) in [6.07, 6.45) is 6.12. The van der Waals surface area contributed by atoms with E-state index in [0.717, 1.165) is 36.0 Å². The van der Waals surface area contributed by atoms with Crippen LogP contribution in [-0.4, -0.2) is 35.3 Å². The molecule has 4 nitrogen and oxygen atoms in total. The molecule has 0 aromatic heterocycles. The molecule has 0 aliphatic heterocycles. The molecule has 0 spiro atoms. The van der Waals surface area contributed by atoms with Gasteiger partial charge in [0.05, 0.1) is 6.42 Å². The van der Waals surface area contributed by atoms with Crippen molar-refractivity contribution in [2.45, 2.75) is 77.8 Å². The van der Waals surface area contributed by atoms with Crippen molar-refractivity contribution in [2.75, 3.05) is 6.54 Å². The van der Waals surface area contributed by atoms with Gasteiger partial charge in [-0.2, -0.15) is 0 Å². The van der Waals surface area contributed by atoms with Crippen LogP contribution in [-0.2, 0) is 22.4 Å². The molecule has 1 aliphatic rings. The van der Waals surface area contributed by atoms with Gasteiger partial charge in [-0.05, 0) is 50.7 Å². The summed E-state index contributed by atoms with van der Waals surface area (Å²) in [5, 5.41) is 3.21. The van der Waals surface area contributed by atoms with Crippen molar-refractivity contribution in [1.29, 1.82) is 0 Å². The van der Waals surface area contributed by atoms with Gasteiger partial charge < -0.3 is 10.2 Å². The fourth-order valence-electron chi connectivity index (χ4n) is 4.71. The van der Waals surface area contributed by atoms with E-state index in [2.05, 4.69) is 49.5 Å². The molecule has 0 saturated heterocycles. The minimum atomic E-state index is -0.428. The number of amides is 2. The standard InChI is InChI=1S/C27H36N2O2/c1-4-25(27(31)28-24-12-8-9-13-24)29(15-14-22-10-6-5-7-11-22)26(30)19-23-17-20(2)16-21(3)18-23/h5-7,10-11,16-18,24-25H,4,8-9,12-15,19H2,1-3H3,(H,28,31)/t25-/m1/s1. The highest BCUT2D eigenvalue weighted by Gasteiger charge is 2.30. The number of aryl methyl sites for hydroxylation is 2. The van der Waals surface area contributed by atoms with Crippen molar-refractivity contribution in [3.05, 3.63) is 70.8 Å². The lowest BCUT2D eigenvalue weighted by atomic mass is 10.0. The summed E-state index contributed by atoms with van der Waals surface area (Å²) >= 11 is 0. The van der Waals surface area contributed by atoms with Gasteiger partial charge in [0.1, 0.15) is 6.04 Å². The smallest absolute Gasteiger partial charge is 0.243 e. The normalized spacial score (nSPS) is 14.9. The van der Waals surface area contributed by atoms with E-state index in [1.807, 2.05) is 30.0 Å². The molecular formula is C27H36N2O2. The Balaban J connectivity index is 1.77. The minimum Gasteiger partial charge on any atom is -0.352 e. The molecule has 1 saturated carbocycles. The predicted octanol–water partition coefficient (Wildman–Crippen LogP) is 4.75. The minimum absolute atomic E-state index is 0.00349. The van der Waals surface area contributed by atoms with Crippen molar-refractivity contribution >= 4 is 11.8 Å². The Kier molecular flexibility index (Phi) is 8.27. The first kappa shape index (κ1) is 23.1. The van der Waals surface area contributed by atoms with Crippen LogP contribution in [0.2, 0.25) is 0 Å². The van der Waals surface area contributed by atoms with Crippen molar-refractivity contribution in [3.63, 3.8) is 0 Å². The first-order valence-electron chi connectivity index (χ1n) is 11.7. The largest absolute Gasteiger partial charge is 0.352 e. The van der Waals surface area contributed by atoms with Gasteiger partial charge in [0.15, 0.2) is 0 Å². The average Bonchev–Trinajstić information content (AvgIpc) is 3.23. The topological polar surface area (TPSA) is 49.4 Å². The maximum absolute atomic E-state index is 13.4. The predicted molar refractivity (Wildman–Crippen MR) is 126 cm³/mol. The Hall–Kier alpha value is -2.62. The van der Waals surface area contributed by atoms with Gasteiger partial charge in [-0.15, -0.1) is 0 Å². The molecule has 0 unspecified atom stereocenters. The van der Waals surface area contributed by atoms with Crippen LogP contribution in [0.3, 0.4) is 0 Å². The van der Waals surface area contributed by atoms with Gasteiger partial charge in [0.2, 0.25) is 11.8 Å². The molecule has 0 bridgehead atoms. The van der Waals surface area contributed by atoms with Crippen molar-refractivity contribution in [2.24, 2.45) is 0 Å². The van der Waals surface area contributed by atoms with Gasteiger partial charge >= 0.3 is 0 Å². The molecule has 1 atom stereocenters. The number of carbonyl (C=O) groups is 2. The van der Waals surface area contributed by atoms with Crippen LogP contribution in [0.25, 0.3) is 0 Å². The van der Waals surface area contributed by atoms with Gasteiger partial charge in [-0.1, -0.05) is 79.4 Å². The zero-order valence-corrected chi connectivity index (χ0v) is 19.2. The summed E-state index contributed by atoms with van der Waals surface area (Å²) in [5.41, 5.74) is 4.50. The second-order valence-corrected chi connectivity index (χ2v) is 8.91. The number of nitrogens with one attached hydrogen (secondary N) is 1. The third kappa shape index (κ3) is 6.68. The number of benzene rings is 2. The molecular weight excluding hydrogens is 384 g/mol. The average molecular weight is 421 g/mol. The number of hydrogen-bond acceptors (Lipinski definition) is 2. The number of hydrogen-bond donors (Lipinski definition) is 1. The number of nitrogens with zero attached hydrogens (tertiary/aromatic N) is 1. The van der Waals surface area contributed by atoms with E-state index in [1.54, 1.807) is 0 Å². The van der Waals surface area contributed by atoms with Crippen LogP contribution in [0.15, 0.2) is 48.5 Å². The van der Waals surface area contributed by atoms with E-state index in [9.17, 15) is 9.59 Å². The molecule has 2 aromatic rings. The van der Waals surface area contributed by atoms with Crippen molar-refractivity contribution in [1.82, 2.24) is 10.2 Å². The Bertz CT molecular complexity index is 852. The van der Waals surface area contributed by atoms with Gasteiger partial charge in [-0.3, -0.25) is 9.59 Å². The van der Waals surface area contributed by atoms with Crippen LogP contribution in [0.5, 0.6) is 0 Å². The van der Waals surface area contributed by atoms with Crippen LogP contribution in [0.4, 0.5) is 0 Å². The van der Waals surface area contributed by atoms with E-state index >= 15 is 0 Å². The Morgan fingerprint density at radius 3 is 2.26 bits per heavy atom. The summed E-state index contributed by atoms with van der Waals surface area (Å²) in [6.45, 7) is 6.65. The number of carbonyl (C=O) groups excluding carboxylic acids is 2. The molecule has 31 heavy (non-hydrogen) atoms. The first-order valence-corrected chi connectivity index (χ1v) is 11.7. The zero-order valence-electron chi connectivity index (χ0n) is 19.2. The SMILES string of the molecule is CC[C@H](C(=O)NC1CCCC1)N(CCc1ccccc1)C(=O)Cc1cc(C)cc(C)c1. The van der Waals surface area contributed by atoms with Gasteiger partial charge in [0.25, 0.3) is 0 Å². The second kappa shape index (κ2) is 11.1. The molecule has 1 aliphatic carbocycles. The van der Waals surface area contributed by atoms with Crippen molar-refractivity contribution in [3.8, 4) is 0 Å². The van der Waals surface area contributed by atoms with Gasteiger partial charge in [-0.25, -0.2) is 0 Å². The van der Waals surface area contributed by atoms with E-state index in [0.29, 0.717) is 19.4 Å². The highest BCUT2D eigenvalue weighted by Crippen LogP contribution is 2.19. The molecule has 2 amide bonds. The lowest BCUT2D eigenvalue weighted by molar-refractivity contribution is -0.140. The summed E-state index contributed by atoms with van der Waals surface area (Å²) in [4.78, 5) is 28.4. The second-order valence-electron chi connectivity index (χ2n) is 8.91. The molecule has 0 heterocycles. The Labute approximate surface area is 187 Å². The zero-order chi connectivity index (χ0) is 22.2. The maximum Gasteiger partial charge on any atom is 0.243 e. The van der Waals surface area contributed by atoms with E-state index in [1.165, 1.54) is 18.4 Å². The molecule has 4 heteroatoms. The highest BCUT2D eigenvalue weighted by atomic mass is 16.2. The number of rotatable bonds is 9. The molecule has 1 N–H and O–H groups in total. The molecule has 1 fully saturated rings. The van der Waals surface area contributed by atoms with Gasteiger partial charge in [0, 0.05) is 12.6 Å². The summed E-state index contributed by atoms with van der Waals surface area (Å²) in [6, 6.07) is 16.3. The van der Waals surface area contributed by atoms with Crippen LogP contribution in [0.1, 0.15) is 61.3 Å². The van der Waals surface area contributed by atoms with Crippen LogP contribution < -0.4 is 5.32 Å². The Morgan fingerprint density at radius 1 is 1.00 bits per heavy atom. The van der Waals surface area contributed by atoms with Crippen LogP contribution >= 0.6 is 0 Å².